The number of hydrogen-bond acceptors (Lipinski definition) is 3. The fourth-order valence-corrected chi connectivity index (χ4v) is 3.34. The van der Waals surface area contributed by atoms with Gasteiger partial charge in [-0.05, 0) is 59.7 Å². The SMILES string of the molecule is CN1CCC(C(=O)N2CCC(N)CC2(C)C)CC1. The second-order valence-electron chi connectivity index (χ2n) is 6.63. The Morgan fingerprint density at radius 2 is 1.78 bits per heavy atom. The molecule has 18 heavy (non-hydrogen) atoms. The van der Waals surface area contributed by atoms with E-state index in [-0.39, 0.29) is 17.5 Å². The van der Waals surface area contributed by atoms with Crippen molar-refractivity contribution in [1.29, 1.82) is 0 Å². The lowest BCUT2D eigenvalue weighted by atomic mass is 9.85. The van der Waals surface area contributed by atoms with E-state index in [1.807, 2.05) is 0 Å². The average Bonchev–Trinajstić information content (AvgIpc) is 2.28. The van der Waals surface area contributed by atoms with Crippen LogP contribution in [-0.4, -0.2) is 54.0 Å². The Morgan fingerprint density at radius 1 is 1.17 bits per heavy atom. The lowest BCUT2D eigenvalue weighted by Gasteiger charge is -2.46. The summed E-state index contributed by atoms with van der Waals surface area (Å²) in [6.45, 7) is 7.23. The zero-order valence-corrected chi connectivity index (χ0v) is 12.0. The van der Waals surface area contributed by atoms with Crippen molar-refractivity contribution in [3.63, 3.8) is 0 Å². The molecule has 0 aliphatic carbocycles. The van der Waals surface area contributed by atoms with Crippen molar-refractivity contribution in [2.45, 2.75) is 51.1 Å². The first-order valence-electron chi connectivity index (χ1n) is 7.16. The van der Waals surface area contributed by atoms with Crippen LogP contribution in [0, 0.1) is 5.92 Å². The van der Waals surface area contributed by atoms with Gasteiger partial charge >= 0.3 is 0 Å². The molecule has 2 rings (SSSR count). The third kappa shape index (κ3) is 2.86. The number of likely N-dealkylation sites (tertiary alicyclic amines) is 2. The van der Waals surface area contributed by atoms with Gasteiger partial charge in [0.1, 0.15) is 0 Å². The van der Waals surface area contributed by atoms with Crippen LogP contribution < -0.4 is 5.73 Å². The molecule has 0 aromatic rings. The largest absolute Gasteiger partial charge is 0.337 e. The molecule has 0 bridgehead atoms. The van der Waals surface area contributed by atoms with Gasteiger partial charge in [-0.1, -0.05) is 0 Å². The van der Waals surface area contributed by atoms with Crippen molar-refractivity contribution in [1.82, 2.24) is 9.80 Å². The summed E-state index contributed by atoms with van der Waals surface area (Å²) in [7, 11) is 2.13. The van der Waals surface area contributed by atoms with E-state index in [0.717, 1.165) is 45.3 Å². The number of nitrogens with zero attached hydrogens (tertiary/aromatic N) is 2. The Bertz CT molecular complexity index is 308. The van der Waals surface area contributed by atoms with Crippen molar-refractivity contribution in [3.05, 3.63) is 0 Å². The van der Waals surface area contributed by atoms with Crippen molar-refractivity contribution in [2.24, 2.45) is 11.7 Å². The number of carbonyl (C=O) groups is 1. The van der Waals surface area contributed by atoms with E-state index in [9.17, 15) is 4.79 Å². The lowest BCUT2D eigenvalue weighted by Crippen LogP contribution is -2.57. The maximum Gasteiger partial charge on any atom is 0.226 e. The Balaban J connectivity index is 2.00. The smallest absolute Gasteiger partial charge is 0.226 e. The number of carbonyl (C=O) groups excluding carboxylic acids is 1. The Morgan fingerprint density at radius 3 is 2.33 bits per heavy atom. The number of amides is 1. The minimum atomic E-state index is -0.0713. The summed E-state index contributed by atoms with van der Waals surface area (Å²) >= 11 is 0. The van der Waals surface area contributed by atoms with Gasteiger partial charge in [0.2, 0.25) is 5.91 Å². The monoisotopic (exact) mass is 253 g/mol. The minimum absolute atomic E-state index is 0.0713. The highest BCUT2D eigenvalue weighted by Crippen LogP contribution is 2.30. The summed E-state index contributed by atoms with van der Waals surface area (Å²) in [5.74, 6) is 0.592. The molecular formula is C14H27N3O. The second kappa shape index (κ2) is 5.17. The number of nitrogens with two attached hydrogens (primary N) is 1. The van der Waals surface area contributed by atoms with Crippen LogP contribution in [0.3, 0.4) is 0 Å². The van der Waals surface area contributed by atoms with Crippen molar-refractivity contribution >= 4 is 5.91 Å². The topological polar surface area (TPSA) is 49.6 Å². The van der Waals surface area contributed by atoms with Gasteiger partial charge in [0, 0.05) is 24.0 Å². The van der Waals surface area contributed by atoms with Gasteiger partial charge in [-0.15, -0.1) is 0 Å². The van der Waals surface area contributed by atoms with Gasteiger partial charge in [0.25, 0.3) is 0 Å². The molecule has 104 valence electrons. The van der Waals surface area contributed by atoms with Crippen LogP contribution in [0.1, 0.15) is 39.5 Å². The molecule has 2 heterocycles. The quantitative estimate of drug-likeness (QED) is 0.760. The van der Waals surface area contributed by atoms with E-state index in [0.29, 0.717) is 5.91 Å². The molecule has 0 saturated carbocycles. The third-order valence-corrected chi connectivity index (χ3v) is 4.55. The highest BCUT2D eigenvalue weighted by Gasteiger charge is 2.39. The number of piperidine rings is 2. The Labute approximate surface area is 110 Å². The normalized spacial score (nSPS) is 30.4. The predicted molar refractivity (Wildman–Crippen MR) is 73.2 cm³/mol. The van der Waals surface area contributed by atoms with Crippen LogP contribution in [0.15, 0.2) is 0 Å². The van der Waals surface area contributed by atoms with E-state index >= 15 is 0 Å². The van der Waals surface area contributed by atoms with E-state index in [1.165, 1.54) is 0 Å². The fraction of sp³-hybridized carbons (Fsp3) is 0.929. The van der Waals surface area contributed by atoms with Crippen LogP contribution in [0.4, 0.5) is 0 Å². The van der Waals surface area contributed by atoms with Crippen molar-refractivity contribution < 1.29 is 4.79 Å². The Hall–Kier alpha value is -0.610. The van der Waals surface area contributed by atoms with Gasteiger partial charge in [0.15, 0.2) is 0 Å². The highest BCUT2D eigenvalue weighted by molar-refractivity contribution is 5.79. The predicted octanol–water partition coefficient (Wildman–Crippen LogP) is 1.06. The number of rotatable bonds is 1. The zero-order chi connectivity index (χ0) is 13.3. The summed E-state index contributed by atoms with van der Waals surface area (Å²) in [5.41, 5.74) is 5.95. The zero-order valence-electron chi connectivity index (χ0n) is 12.0. The van der Waals surface area contributed by atoms with Crippen LogP contribution in [-0.2, 0) is 4.79 Å². The average molecular weight is 253 g/mol. The summed E-state index contributed by atoms with van der Waals surface area (Å²) in [6.07, 6.45) is 3.88. The molecule has 2 aliphatic rings. The van der Waals surface area contributed by atoms with Gasteiger partial charge < -0.3 is 15.5 Å². The molecule has 1 unspecified atom stereocenters. The summed E-state index contributed by atoms with van der Waals surface area (Å²) in [4.78, 5) is 17.0. The Kier molecular flexibility index (Phi) is 3.97. The molecule has 2 aliphatic heterocycles. The van der Waals surface area contributed by atoms with Gasteiger partial charge in [-0.2, -0.15) is 0 Å². The van der Waals surface area contributed by atoms with Crippen molar-refractivity contribution in [3.8, 4) is 0 Å². The molecular weight excluding hydrogens is 226 g/mol. The standard InChI is InChI=1S/C14H27N3O/c1-14(2)10-12(15)6-9-17(14)13(18)11-4-7-16(3)8-5-11/h11-12H,4-10,15H2,1-3H3. The van der Waals surface area contributed by atoms with Crippen LogP contribution in [0.2, 0.25) is 0 Å². The van der Waals surface area contributed by atoms with Crippen molar-refractivity contribution in [2.75, 3.05) is 26.7 Å². The maximum atomic E-state index is 12.6. The number of hydrogen-bond donors (Lipinski definition) is 1. The lowest BCUT2D eigenvalue weighted by molar-refractivity contribution is -0.144. The third-order valence-electron chi connectivity index (χ3n) is 4.55. The molecule has 1 amide bonds. The summed E-state index contributed by atoms with van der Waals surface area (Å²) in [5, 5.41) is 0. The van der Waals surface area contributed by atoms with Gasteiger partial charge in [0.05, 0.1) is 0 Å². The maximum absolute atomic E-state index is 12.6. The fourth-order valence-electron chi connectivity index (χ4n) is 3.34. The summed E-state index contributed by atoms with van der Waals surface area (Å²) < 4.78 is 0. The molecule has 1 atom stereocenters. The first kappa shape index (κ1) is 13.8. The van der Waals surface area contributed by atoms with E-state index in [1.54, 1.807) is 0 Å². The molecule has 2 saturated heterocycles. The molecule has 0 aromatic heterocycles. The molecule has 2 N–H and O–H groups in total. The minimum Gasteiger partial charge on any atom is -0.337 e. The van der Waals surface area contributed by atoms with Crippen LogP contribution in [0.25, 0.3) is 0 Å². The molecule has 0 aromatic carbocycles. The first-order chi connectivity index (χ1) is 8.40. The summed E-state index contributed by atoms with van der Waals surface area (Å²) in [6, 6.07) is 0.251. The molecule has 0 radical (unpaired) electrons. The van der Waals surface area contributed by atoms with Gasteiger partial charge in [-0.3, -0.25) is 4.79 Å². The van der Waals surface area contributed by atoms with E-state index < -0.39 is 0 Å². The van der Waals surface area contributed by atoms with E-state index in [2.05, 4.69) is 30.7 Å². The van der Waals surface area contributed by atoms with E-state index in [4.69, 9.17) is 5.73 Å². The molecule has 2 fully saturated rings. The van der Waals surface area contributed by atoms with Crippen LogP contribution >= 0.6 is 0 Å². The first-order valence-corrected chi connectivity index (χ1v) is 7.16. The molecule has 4 nitrogen and oxygen atoms in total. The molecule has 4 heteroatoms. The van der Waals surface area contributed by atoms with Crippen LogP contribution in [0.5, 0.6) is 0 Å². The second-order valence-corrected chi connectivity index (χ2v) is 6.63. The highest BCUT2D eigenvalue weighted by atomic mass is 16.2. The van der Waals surface area contributed by atoms with Gasteiger partial charge in [-0.25, -0.2) is 0 Å². The molecule has 0 spiro atoms.